The van der Waals surface area contributed by atoms with E-state index in [9.17, 15) is 9.59 Å². The second-order valence-electron chi connectivity index (χ2n) is 9.76. The van der Waals surface area contributed by atoms with Crippen molar-refractivity contribution < 1.29 is 4.79 Å². The number of nitrogens with zero attached hydrogens (tertiary/aromatic N) is 4. The molecular weight excluding hydrogens is 464 g/mol. The van der Waals surface area contributed by atoms with E-state index in [-0.39, 0.29) is 17.5 Å². The number of aromatic nitrogens is 3. The predicted octanol–water partition coefficient (Wildman–Crippen LogP) is 4.52. The third-order valence-electron chi connectivity index (χ3n) is 6.92. The predicted molar refractivity (Wildman–Crippen MR) is 150 cm³/mol. The number of fused-ring (bicyclic) bond motifs is 1. The van der Waals surface area contributed by atoms with Gasteiger partial charge < -0.3 is 20.1 Å². The maximum atomic E-state index is 13.6. The van der Waals surface area contributed by atoms with Crippen LogP contribution in [0.4, 0.5) is 11.4 Å². The number of carbonyl (C=O) groups excluding carboxylic acids is 1. The van der Waals surface area contributed by atoms with E-state index in [2.05, 4.69) is 63.0 Å². The molecule has 1 amide bonds. The minimum Gasteiger partial charge on any atom is -0.369 e. The van der Waals surface area contributed by atoms with Gasteiger partial charge in [0.2, 0.25) is 5.91 Å². The van der Waals surface area contributed by atoms with Gasteiger partial charge in [0.1, 0.15) is 12.0 Å². The Bertz CT molecular complexity index is 1510. The third kappa shape index (κ3) is 4.80. The summed E-state index contributed by atoms with van der Waals surface area (Å²) in [6, 6.07) is 15.9. The molecule has 1 saturated heterocycles. The number of nitrogens with one attached hydrogen (secondary N) is 2. The molecule has 4 aromatic rings. The van der Waals surface area contributed by atoms with Crippen molar-refractivity contribution in [3.8, 4) is 22.4 Å². The number of benzene rings is 2. The first-order chi connectivity index (χ1) is 17.9. The smallest absolute Gasteiger partial charge is 0.263 e. The summed E-state index contributed by atoms with van der Waals surface area (Å²) < 4.78 is 1.64. The molecule has 1 aliphatic rings. The molecule has 0 spiro atoms. The van der Waals surface area contributed by atoms with E-state index in [1.165, 1.54) is 11.8 Å². The van der Waals surface area contributed by atoms with Crippen LogP contribution < -0.4 is 15.8 Å². The molecule has 37 heavy (non-hydrogen) atoms. The standard InChI is InChI=1S/C29H32N6O2/c1-5-24(36)31-22-8-6-7-21(17-22)25-26-28(30-18-35(19(2)3)29(26)37)32-27(25)20-9-11-23(12-10-20)34-15-13-33(4)14-16-34/h5-12,17-19,32H,1,13-16H2,2-4H3,(H,31,36). The Morgan fingerprint density at radius 3 is 2.49 bits per heavy atom. The molecular formula is C29H32N6O2. The Balaban J connectivity index is 1.65. The van der Waals surface area contributed by atoms with Crippen LogP contribution in [0.5, 0.6) is 0 Å². The largest absolute Gasteiger partial charge is 0.369 e. The Morgan fingerprint density at radius 1 is 1.08 bits per heavy atom. The molecule has 5 rings (SSSR count). The SMILES string of the molecule is C=CC(=O)Nc1cccc(-c2c(-c3ccc(N4CCN(C)CC4)cc3)[nH]c3ncn(C(C)C)c(=O)c23)c1. The fourth-order valence-electron chi connectivity index (χ4n) is 4.82. The number of anilines is 2. The molecule has 2 aromatic carbocycles. The highest BCUT2D eigenvalue weighted by molar-refractivity contribution is 6.04. The van der Waals surface area contributed by atoms with Gasteiger partial charge >= 0.3 is 0 Å². The highest BCUT2D eigenvalue weighted by Crippen LogP contribution is 2.38. The van der Waals surface area contributed by atoms with Crippen molar-refractivity contribution in [1.29, 1.82) is 0 Å². The van der Waals surface area contributed by atoms with Crippen molar-refractivity contribution in [1.82, 2.24) is 19.4 Å². The Morgan fingerprint density at radius 2 is 1.81 bits per heavy atom. The minimum absolute atomic E-state index is 0.0308. The summed E-state index contributed by atoms with van der Waals surface area (Å²) >= 11 is 0. The number of piperazine rings is 1. The number of rotatable bonds is 6. The molecule has 2 N–H and O–H groups in total. The topological polar surface area (TPSA) is 86.3 Å². The zero-order valence-electron chi connectivity index (χ0n) is 21.5. The van der Waals surface area contributed by atoms with Gasteiger partial charge in [-0.2, -0.15) is 0 Å². The lowest BCUT2D eigenvalue weighted by atomic mass is 9.98. The molecule has 8 nitrogen and oxygen atoms in total. The molecule has 190 valence electrons. The summed E-state index contributed by atoms with van der Waals surface area (Å²) in [6.07, 6.45) is 2.83. The number of amides is 1. The molecule has 0 unspecified atom stereocenters. The Hall–Kier alpha value is -4.17. The van der Waals surface area contributed by atoms with Gasteiger partial charge in [-0.15, -0.1) is 0 Å². The number of carbonyl (C=O) groups is 1. The summed E-state index contributed by atoms with van der Waals surface area (Å²) in [5, 5.41) is 3.35. The number of likely N-dealkylation sites (N-methyl/N-ethyl adjacent to an activating group) is 1. The third-order valence-corrected chi connectivity index (χ3v) is 6.92. The maximum absolute atomic E-state index is 13.6. The summed E-state index contributed by atoms with van der Waals surface area (Å²) in [4.78, 5) is 38.3. The van der Waals surface area contributed by atoms with Gasteiger partial charge in [0.15, 0.2) is 0 Å². The van der Waals surface area contributed by atoms with Crippen LogP contribution in [0.15, 0.2) is 72.3 Å². The normalized spacial score (nSPS) is 14.3. The molecule has 8 heteroatoms. The van der Waals surface area contributed by atoms with Crippen LogP contribution in [0.3, 0.4) is 0 Å². The molecule has 0 bridgehead atoms. The van der Waals surface area contributed by atoms with Gasteiger partial charge in [0.05, 0.1) is 11.1 Å². The van der Waals surface area contributed by atoms with E-state index in [0.29, 0.717) is 16.7 Å². The lowest BCUT2D eigenvalue weighted by Gasteiger charge is -2.34. The summed E-state index contributed by atoms with van der Waals surface area (Å²) in [5.74, 6) is -0.292. The van der Waals surface area contributed by atoms with Crippen LogP contribution in [0.1, 0.15) is 19.9 Å². The number of H-pyrrole nitrogens is 1. The minimum atomic E-state index is -0.292. The lowest BCUT2D eigenvalue weighted by Crippen LogP contribution is -2.44. The van der Waals surface area contributed by atoms with Crippen LogP contribution in [-0.2, 0) is 4.79 Å². The van der Waals surface area contributed by atoms with E-state index in [4.69, 9.17) is 0 Å². The van der Waals surface area contributed by atoms with E-state index < -0.39 is 0 Å². The first-order valence-electron chi connectivity index (χ1n) is 12.6. The van der Waals surface area contributed by atoms with Crippen LogP contribution in [0.2, 0.25) is 0 Å². The zero-order valence-corrected chi connectivity index (χ0v) is 21.5. The number of aromatic amines is 1. The Kier molecular flexibility index (Phi) is 6.67. The van der Waals surface area contributed by atoms with Gasteiger partial charge in [-0.05, 0) is 62.4 Å². The number of hydrogen-bond donors (Lipinski definition) is 2. The van der Waals surface area contributed by atoms with Gasteiger partial charge in [-0.25, -0.2) is 4.98 Å². The molecule has 0 aliphatic carbocycles. The van der Waals surface area contributed by atoms with Crippen molar-refractivity contribution in [2.45, 2.75) is 19.9 Å². The number of hydrogen-bond acceptors (Lipinski definition) is 5. The molecule has 1 aliphatic heterocycles. The summed E-state index contributed by atoms with van der Waals surface area (Å²) in [7, 11) is 2.15. The first kappa shape index (κ1) is 24.5. The zero-order chi connectivity index (χ0) is 26.1. The maximum Gasteiger partial charge on any atom is 0.263 e. The lowest BCUT2D eigenvalue weighted by molar-refractivity contribution is -0.111. The van der Waals surface area contributed by atoms with Gasteiger partial charge in [-0.1, -0.05) is 30.8 Å². The van der Waals surface area contributed by atoms with Crippen LogP contribution in [0, 0.1) is 0 Å². The first-order valence-corrected chi connectivity index (χ1v) is 12.6. The summed E-state index contributed by atoms with van der Waals surface area (Å²) in [6.45, 7) is 11.5. The van der Waals surface area contributed by atoms with Crippen molar-refractivity contribution in [3.63, 3.8) is 0 Å². The van der Waals surface area contributed by atoms with Crippen LogP contribution >= 0.6 is 0 Å². The molecule has 3 heterocycles. The van der Waals surface area contributed by atoms with Crippen LogP contribution in [-0.4, -0.2) is 58.6 Å². The fourth-order valence-corrected chi connectivity index (χ4v) is 4.82. The molecule has 0 saturated carbocycles. The van der Waals surface area contributed by atoms with E-state index >= 15 is 0 Å². The second-order valence-corrected chi connectivity index (χ2v) is 9.76. The highest BCUT2D eigenvalue weighted by Gasteiger charge is 2.21. The highest BCUT2D eigenvalue weighted by atomic mass is 16.1. The fraction of sp³-hybridized carbons (Fsp3) is 0.276. The summed E-state index contributed by atoms with van der Waals surface area (Å²) in [5.41, 5.74) is 5.60. The van der Waals surface area contributed by atoms with E-state index in [1.807, 2.05) is 38.1 Å². The quantitative estimate of drug-likeness (QED) is 0.384. The average molecular weight is 497 g/mol. The molecule has 1 fully saturated rings. The molecule has 0 radical (unpaired) electrons. The Labute approximate surface area is 216 Å². The van der Waals surface area contributed by atoms with Crippen molar-refractivity contribution in [3.05, 3.63) is 77.9 Å². The molecule has 2 aromatic heterocycles. The average Bonchev–Trinajstić information content (AvgIpc) is 3.30. The van der Waals surface area contributed by atoms with Gasteiger partial charge in [0, 0.05) is 49.2 Å². The van der Waals surface area contributed by atoms with Crippen molar-refractivity contribution in [2.75, 3.05) is 43.4 Å². The van der Waals surface area contributed by atoms with E-state index in [1.54, 1.807) is 10.9 Å². The monoisotopic (exact) mass is 496 g/mol. The van der Waals surface area contributed by atoms with Gasteiger partial charge in [0.25, 0.3) is 5.56 Å². The van der Waals surface area contributed by atoms with Crippen molar-refractivity contribution >= 4 is 28.3 Å². The van der Waals surface area contributed by atoms with E-state index in [0.717, 1.165) is 48.6 Å². The second kappa shape index (κ2) is 10.1. The van der Waals surface area contributed by atoms with Crippen molar-refractivity contribution in [2.24, 2.45) is 0 Å². The van der Waals surface area contributed by atoms with Gasteiger partial charge in [-0.3, -0.25) is 14.2 Å². The molecule has 0 atom stereocenters. The van der Waals surface area contributed by atoms with Crippen LogP contribution in [0.25, 0.3) is 33.4 Å².